The number of ether oxygens (including phenoxy) is 1. The van der Waals surface area contributed by atoms with Crippen LogP contribution in [0.15, 0.2) is 12.3 Å². The van der Waals surface area contributed by atoms with Gasteiger partial charge in [-0.25, -0.2) is 19.8 Å². The van der Waals surface area contributed by atoms with E-state index < -0.39 is 12.1 Å². The van der Waals surface area contributed by atoms with Crippen LogP contribution in [0, 0.1) is 5.41 Å². The maximum atomic E-state index is 10.4. The minimum atomic E-state index is -1.12. The second-order valence-corrected chi connectivity index (χ2v) is 1.64. The third kappa shape index (κ3) is 16.4. The fraction of sp³-hybridized carbons (Fsp3) is 0.286. The average Bonchev–Trinajstić information content (AvgIpc) is 2.05. The van der Waals surface area contributed by atoms with Crippen molar-refractivity contribution in [1.29, 1.82) is 5.41 Å². The summed E-state index contributed by atoms with van der Waals surface area (Å²) in [7, 11) is 0. The summed E-state index contributed by atoms with van der Waals surface area (Å²) in [6, 6.07) is 0. The van der Waals surface area contributed by atoms with Crippen molar-refractivity contribution < 1.29 is 24.2 Å². The summed E-state index contributed by atoms with van der Waals surface area (Å²) >= 11 is 0. The first kappa shape index (κ1) is 14.4. The molecule has 0 aromatic heterocycles. The number of rotatable bonds is 3. The Bertz CT molecular complexity index is 242. The van der Waals surface area contributed by atoms with Crippen LogP contribution >= 0.6 is 0 Å². The number of carboxylic acids is 1. The van der Waals surface area contributed by atoms with Gasteiger partial charge in [0.1, 0.15) is 0 Å². The molecule has 0 fully saturated rings. The van der Waals surface area contributed by atoms with Gasteiger partial charge in [-0.05, 0) is 6.92 Å². The van der Waals surface area contributed by atoms with Crippen LogP contribution in [0.4, 0.5) is 4.79 Å². The molecule has 0 aromatic carbocycles. The van der Waals surface area contributed by atoms with E-state index in [-0.39, 0.29) is 6.61 Å². The number of hydrogen-bond acceptors (Lipinski definition) is 5. The number of carbonyl (C=O) groups is 2. The van der Waals surface area contributed by atoms with Crippen LogP contribution in [0.2, 0.25) is 0 Å². The Labute approximate surface area is 79.9 Å². The maximum absolute atomic E-state index is 10.4. The highest BCUT2D eigenvalue weighted by molar-refractivity contribution is 5.80. The Hall–Kier alpha value is -2.14. The molecule has 0 aliphatic rings. The standard InChI is InChI=1S/C6H9NO4.CHNO/c1-2-11-6(10)7-4-3-5(8)9;2-1-3/h3-4H,2H2,1H3,(H,7,10)(H,8,9);2H. The summed E-state index contributed by atoms with van der Waals surface area (Å²) in [5.74, 6) is -1.12. The lowest BCUT2D eigenvalue weighted by Gasteiger charge is -1.97. The lowest BCUT2D eigenvalue weighted by molar-refractivity contribution is -0.131. The van der Waals surface area contributed by atoms with Crippen molar-refractivity contribution in [3.05, 3.63) is 12.3 Å². The topological polar surface area (TPSA) is 117 Å². The zero-order valence-electron chi connectivity index (χ0n) is 7.44. The summed E-state index contributed by atoms with van der Waals surface area (Å²) in [6.07, 6.45) is 1.89. The van der Waals surface area contributed by atoms with Crippen molar-refractivity contribution >= 4 is 18.1 Å². The Morgan fingerprint density at radius 2 is 2.14 bits per heavy atom. The lowest BCUT2D eigenvalue weighted by Crippen LogP contribution is -2.18. The van der Waals surface area contributed by atoms with Gasteiger partial charge in [-0.2, -0.15) is 0 Å². The van der Waals surface area contributed by atoms with E-state index in [4.69, 9.17) is 15.3 Å². The second kappa shape index (κ2) is 10.9. The van der Waals surface area contributed by atoms with Crippen molar-refractivity contribution in [3.63, 3.8) is 0 Å². The molecule has 0 bridgehead atoms. The van der Waals surface area contributed by atoms with Crippen LogP contribution in [0.25, 0.3) is 0 Å². The molecule has 1 amide bonds. The van der Waals surface area contributed by atoms with Crippen molar-refractivity contribution in [2.24, 2.45) is 0 Å². The highest BCUT2D eigenvalue weighted by Crippen LogP contribution is 1.76. The van der Waals surface area contributed by atoms with Gasteiger partial charge in [-0.15, -0.1) is 0 Å². The molecule has 0 saturated carbocycles. The SMILES string of the molecule is CCOC(=O)NC=CC(=O)O.N=C=O. The second-order valence-electron chi connectivity index (χ2n) is 1.64. The number of amides is 1. The Morgan fingerprint density at radius 1 is 1.64 bits per heavy atom. The quantitative estimate of drug-likeness (QED) is 0.344. The zero-order valence-corrected chi connectivity index (χ0v) is 7.44. The molecule has 3 N–H and O–H groups in total. The van der Waals surface area contributed by atoms with Crippen molar-refractivity contribution in [3.8, 4) is 0 Å². The summed E-state index contributed by atoms with van der Waals surface area (Å²) in [5.41, 5.74) is 0. The van der Waals surface area contributed by atoms with E-state index in [9.17, 15) is 9.59 Å². The van der Waals surface area contributed by atoms with Crippen molar-refractivity contribution in [1.82, 2.24) is 5.32 Å². The predicted octanol–water partition coefficient (Wildman–Crippen LogP) is 0.232. The number of carboxylic acid groups (broad SMARTS) is 1. The maximum Gasteiger partial charge on any atom is 0.411 e. The van der Waals surface area contributed by atoms with Crippen LogP contribution < -0.4 is 5.32 Å². The van der Waals surface area contributed by atoms with Gasteiger partial charge in [-0.1, -0.05) is 0 Å². The first-order chi connectivity index (χ1) is 6.58. The highest BCUT2D eigenvalue weighted by atomic mass is 16.5. The molecule has 0 radical (unpaired) electrons. The molecular formula is C7H10N2O5. The molecule has 0 rings (SSSR count). The first-order valence-corrected chi connectivity index (χ1v) is 3.45. The molecule has 0 unspecified atom stereocenters. The van der Waals surface area contributed by atoms with Gasteiger partial charge in [0.15, 0.2) is 0 Å². The summed E-state index contributed by atoms with van der Waals surface area (Å²) in [4.78, 5) is 28.7. The number of carbonyl (C=O) groups excluding carboxylic acids is 2. The predicted molar refractivity (Wildman–Crippen MR) is 45.3 cm³/mol. The molecule has 7 heteroatoms. The van der Waals surface area contributed by atoms with Gasteiger partial charge >= 0.3 is 12.1 Å². The van der Waals surface area contributed by atoms with E-state index in [1.165, 1.54) is 0 Å². The summed E-state index contributed by atoms with van der Waals surface area (Å²) in [6.45, 7) is 1.91. The molecule has 0 saturated heterocycles. The monoisotopic (exact) mass is 202 g/mol. The number of nitrogens with one attached hydrogen (secondary N) is 2. The number of aliphatic carboxylic acids is 1. The van der Waals surface area contributed by atoms with Gasteiger partial charge in [0.05, 0.1) is 6.61 Å². The first-order valence-electron chi connectivity index (χ1n) is 3.45. The molecule has 0 aliphatic heterocycles. The van der Waals surface area contributed by atoms with Gasteiger partial charge in [0, 0.05) is 12.3 Å². The van der Waals surface area contributed by atoms with E-state index in [2.05, 4.69) is 10.1 Å². The van der Waals surface area contributed by atoms with Crippen molar-refractivity contribution in [2.45, 2.75) is 6.92 Å². The number of isocyanates is 1. The van der Waals surface area contributed by atoms with Crippen molar-refractivity contribution in [2.75, 3.05) is 6.61 Å². The van der Waals surface area contributed by atoms with Crippen LogP contribution in [-0.4, -0.2) is 29.9 Å². The number of hydrogen-bond donors (Lipinski definition) is 3. The molecule has 7 nitrogen and oxygen atoms in total. The van der Waals surface area contributed by atoms with E-state index in [1.807, 2.05) is 0 Å². The van der Waals surface area contributed by atoms with Crippen LogP contribution in [-0.2, 0) is 14.3 Å². The minimum Gasteiger partial charge on any atom is -0.478 e. The smallest absolute Gasteiger partial charge is 0.411 e. The molecule has 0 atom stereocenters. The fourth-order valence-corrected chi connectivity index (χ4v) is 0.354. The molecule has 0 spiro atoms. The average molecular weight is 202 g/mol. The van der Waals surface area contributed by atoms with E-state index in [0.717, 1.165) is 18.4 Å². The molecular weight excluding hydrogens is 192 g/mol. The number of alkyl carbamates (subject to hydrolysis) is 1. The van der Waals surface area contributed by atoms with Gasteiger partial charge in [0.2, 0.25) is 6.08 Å². The lowest BCUT2D eigenvalue weighted by atomic mass is 10.6. The molecule has 0 aliphatic carbocycles. The van der Waals surface area contributed by atoms with Gasteiger partial charge in [-0.3, -0.25) is 5.32 Å². The molecule has 0 heterocycles. The molecule has 0 aromatic rings. The van der Waals surface area contributed by atoms with Crippen LogP contribution in [0.1, 0.15) is 6.92 Å². The van der Waals surface area contributed by atoms with Gasteiger partial charge in [0.25, 0.3) is 0 Å². The third-order valence-corrected chi connectivity index (χ3v) is 0.703. The normalized spacial score (nSPS) is 8.07. The zero-order chi connectivity index (χ0) is 11.4. The van der Waals surface area contributed by atoms with E-state index in [1.54, 1.807) is 6.92 Å². The Morgan fingerprint density at radius 3 is 2.50 bits per heavy atom. The van der Waals surface area contributed by atoms with Crippen LogP contribution in [0.3, 0.4) is 0 Å². The Balaban J connectivity index is 0. The van der Waals surface area contributed by atoms with Gasteiger partial charge < -0.3 is 9.84 Å². The summed E-state index contributed by atoms with van der Waals surface area (Å²) in [5, 5.41) is 15.6. The largest absolute Gasteiger partial charge is 0.478 e. The highest BCUT2D eigenvalue weighted by Gasteiger charge is 1.94. The molecule has 78 valence electrons. The summed E-state index contributed by atoms with van der Waals surface area (Å²) < 4.78 is 4.43. The van der Waals surface area contributed by atoms with Crippen LogP contribution in [0.5, 0.6) is 0 Å². The van der Waals surface area contributed by atoms with E-state index >= 15 is 0 Å². The Kier molecular flexibility index (Phi) is 11.2. The molecule has 14 heavy (non-hydrogen) atoms. The minimum absolute atomic E-state index is 0.257. The third-order valence-electron chi connectivity index (χ3n) is 0.703. The fourth-order valence-electron chi connectivity index (χ4n) is 0.354. The van der Waals surface area contributed by atoms with E-state index in [0.29, 0.717) is 0 Å².